The van der Waals surface area contributed by atoms with E-state index < -0.39 is 0 Å². The van der Waals surface area contributed by atoms with Gasteiger partial charge in [-0.3, -0.25) is 9.88 Å². The van der Waals surface area contributed by atoms with Gasteiger partial charge in [0.05, 0.1) is 12.8 Å². The zero-order valence-corrected chi connectivity index (χ0v) is 12.9. The number of likely N-dealkylation sites (N-methyl/N-ethyl adjacent to an activating group) is 1. The van der Waals surface area contributed by atoms with Crippen LogP contribution in [0.3, 0.4) is 0 Å². The number of nitrogens with two attached hydrogens (primary N) is 1. The molecule has 0 aliphatic carbocycles. The van der Waals surface area contributed by atoms with Crippen LogP contribution in [0.2, 0.25) is 0 Å². The number of ether oxygens (including phenoxy) is 1. The molecule has 0 saturated heterocycles. The fraction of sp³-hybridized carbons (Fsp3) is 0.353. The standard InChI is InChI=1S/C17H23N3O/c1-13-6-4-8-15(19-13)12-20(2)17(11-18)14-7-5-9-16(10-14)21-3/h4-10,17H,11-12,18H2,1-3H3. The van der Waals surface area contributed by atoms with Crippen LogP contribution in [0, 0.1) is 6.92 Å². The summed E-state index contributed by atoms with van der Waals surface area (Å²) in [7, 11) is 3.75. The van der Waals surface area contributed by atoms with Crippen molar-refractivity contribution < 1.29 is 4.74 Å². The minimum absolute atomic E-state index is 0.141. The topological polar surface area (TPSA) is 51.4 Å². The van der Waals surface area contributed by atoms with Crippen LogP contribution < -0.4 is 10.5 Å². The number of nitrogens with zero attached hydrogens (tertiary/aromatic N) is 2. The Morgan fingerprint density at radius 1 is 1.24 bits per heavy atom. The Morgan fingerprint density at radius 3 is 2.67 bits per heavy atom. The molecule has 0 fully saturated rings. The van der Waals surface area contributed by atoms with Gasteiger partial charge in [0.25, 0.3) is 0 Å². The van der Waals surface area contributed by atoms with Crippen molar-refractivity contribution >= 4 is 0 Å². The van der Waals surface area contributed by atoms with E-state index in [1.807, 2.05) is 43.3 Å². The minimum atomic E-state index is 0.141. The molecule has 0 spiro atoms. The molecule has 0 saturated carbocycles. The van der Waals surface area contributed by atoms with Crippen molar-refractivity contribution in [2.45, 2.75) is 19.5 Å². The molecular formula is C17H23N3O. The van der Waals surface area contributed by atoms with E-state index in [9.17, 15) is 0 Å². The molecule has 1 aromatic heterocycles. The van der Waals surface area contributed by atoms with Gasteiger partial charge >= 0.3 is 0 Å². The Kier molecular flexibility index (Phi) is 5.31. The first-order valence-corrected chi connectivity index (χ1v) is 7.11. The van der Waals surface area contributed by atoms with Crippen LogP contribution in [0.4, 0.5) is 0 Å². The molecule has 1 unspecified atom stereocenters. The average Bonchev–Trinajstić information content (AvgIpc) is 2.48. The van der Waals surface area contributed by atoms with Gasteiger partial charge in [0.2, 0.25) is 0 Å². The van der Waals surface area contributed by atoms with Gasteiger partial charge in [-0.2, -0.15) is 0 Å². The Morgan fingerprint density at radius 2 is 2.00 bits per heavy atom. The molecule has 1 atom stereocenters. The third-order valence-corrected chi connectivity index (χ3v) is 3.59. The predicted octanol–water partition coefficient (Wildman–Crippen LogP) is 2.53. The van der Waals surface area contributed by atoms with Crippen LogP contribution in [0.5, 0.6) is 5.75 Å². The summed E-state index contributed by atoms with van der Waals surface area (Å²) < 4.78 is 5.29. The van der Waals surface area contributed by atoms with Crippen molar-refractivity contribution in [3.8, 4) is 5.75 Å². The second-order valence-corrected chi connectivity index (χ2v) is 5.21. The molecule has 0 amide bonds. The number of hydrogen-bond acceptors (Lipinski definition) is 4. The largest absolute Gasteiger partial charge is 0.497 e. The number of hydrogen-bond donors (Lipinski definition) is 1. The lowest BCUT2D eigenvalue weighted by molar-refractivity contribution is 0.238. The molecule has 4 nitrogen and oxygen atoms in total. The normalized spacial score (nSPS) is 12.4. The third kappa shape index (κ3) is 4.03. The van der Waals surface area contributed by atoms with Crippen LogP contribution in [-0.4, -0.2) is 30.6 Å². The maximum Gasteiger partial charge on any atom is 0.119 e. The molecule has 1 aromatic carbocycles. The van der Waals surface area contributed by atoms with E-state index in [-0.39, 0.29) is 6.04 Å². The fourth-order valence-electron chi connectivity index (χ4n) is 2.47. The van der Waals surface area contributed by atoms with E-state index in [4.69, 9.17) is 10.5 Å². The number of aryl methyl sites for hydroxylation is 1. The van der Waals surface area contributed by atoms with Gasteiger partial charge < -0.3 is 10.5 Å². The quantitative estimate of drug-likeness (QED) is 0.886. The summed E-state index contributed by atoms with van der Waals surface area (Å²) in [4.78, 5) is 6.77. The van der Waals surface area contributed by atoms with Gasteiger partial charge in [-0.25, -0.2) is 0 Å². The summed E-state index contributed by atoms with van der Waals surface area (Å²) in [5.74, 6) is 0.855. The Balaban J connectivity index is 2.16. The molecule has 2 rings (SSSR count). The van der Waals surface area contributed by atoms with E-state index in [0.717, 1.165) is 29.2 Å². The van der Waals surface area contributed by atoms with E-state index in [2.05, 4.69) is 23.0 Å². The van der Waals surface area contributed by atoms with Gasteiger partial charge in [-0.05, 0) is 43.8 Å². The van der Waals surface area contributed by atoms with Crippen LogP contribution in [-0.2, 0) is 6.54 Å². The second-order valence-electron chi connectivity index (χ2n) is 5.21. The number of methoxy groups -OCH3 is 1. The first-order valence-electron chi connectivity index (χ1n) is 7.11. The van der Waals surface area contributed by atoms with Crippen LogP contribution in [0.15, 0.2) is 42.5 Å². The van der Waals surface area contributed by atoms with Crippen molar-refractivity contribution in [2.24, 2.45) is 5.73 Å². The van der Waals surface area contributed by atoms with Crippen molar-refractivity contribution in [3.05, 3.63) is 59.4 Å². The second kappa shape index (κ2) is 7.20. The monoisotopic (exact) mass is 285 g/mol. The van der Waals surface area contributed by atoms with Gasteiger partial charge in [-0.15, -0.1) is 0 Å². The molecule has 112 valence electrons. The molecule has 0 bridgehead atoms. The third-order valence-electron chi connectivity index (χ3n) is 3.59. The molecule has 0 aliphatic rings. The highest BCUT2D eigenvalue weighted by Crippen LogP contribution is 2.23. The molecular weight excluding hydrogens is 262 g/mol. The summed E-state index contributed by atoms with van der Waals surface area (Å²) in [6.07, 6.45) is 0. The highest BCUT2D eigenvalue weighted by atomic mass is 16.5. The van der Waals surface area contributed by atoms with Crippen LogP contribution >= 0.6 is 0 Å². The van der Waals surface area contributed by atoms with E-state index in [0.29, 0.717) is 6.54 Å². The first kappa shape index (κ1) is 15.5. The van der Waals surface area contributed by atoms with Crippen LogP contribution in [0.1, 0.15) is 23.0 Å². The van der Waals surface area contributed by atoms with Gasteiger partial charge in [-0.1, -0.05) is 18.2 Å². The molecule has 0 aliphatic heterocycles. The first-order chi connectivity index (χ1) is 10.1. The highest BCUT2D eigenvalue weighted by molar-refractivity contribution is 5.30. The van der Waals surface area contributed by atoms with Crippen LogP contribution in [0.25, 0.3) is 0 Å². The maximum absolute atomic E-state index is 5.98. The number of benzene rings is 1. The summed E-state index contributed by atoms with van der Waals surface area (Å²) >= 11 is 0. The fourth-order valence-corrected chi connectivity index (χ4v) is 2.47. The van der Waals surface area contributed by atoms with E-state index in [1.54, 1.807) is 7.11 Å². The molecule has 1 heterocycles. The average molecular weight is 285 g/mol. The zero-order valence-electron chi connectivity index (χ0n) is 12.9. The molecule has 2 N–H and O–H groups in total. The van der Waals surface area contributed by atoms with E-state index in [1.165, 1.54) is 0 Å². The number of rotatable bonds is 6. The molecule has 21 heavy (non-hydrogen) atoms. The lowest BCUT2D eigenvalue weighted by Crippen LogP contribution is -2.30. The van der Waals surface area contributed by atoms with Crippen molar-refractivity contribution in [2.75, 3.05) is 20.7 Å². The predicted molar refractivity (Wildman–Crippen MR) is 85.2 cm³/mol. The smallest absolute Gasteiger partial charge is 0.119 e. The molecule has 0 radical (unpaired) electrons. The minimum Gasteiger partial charge on any atom is -0.497 e. The lowest BCUT2D eigenvalue weighted by Gasteiger charge is -2.27. The highest BCUT2D eigenvalue weighted by Gasteiger charge is 2.16. The summed E-state index contributed by atoms with van der Waals surface area (Å²) in [5.41, 5.74) is 9.23. The Hall–Kier alpha value is -1.91. The summed E-state index contributed by atoms with van der Waals surface area (Å²) in [6, 6.07) is 14.3. The SMILES string of the molecule is COc1cccc(C(CN)N(C)Cc2cccc(C)n2)c1. The summed E-state index contributed by atoms with van der Waals surface area (Å²) in [6.45, 7) is 3.32. The van der Waals surface area contributed by atoms with Gasteiger partial charge in [0.1, 0.15) is 5.75 Å². The van der Waals surface area contributed by atoms with Crippen molar-refractivity contribution in [3.63, 3.8) is 0 Å². The summed E-state index contributed by atoms with van der Waals surface area (Å²) in [5, 5.41) is 0. The maximum atomic E-state index is 5.98. The molecule has 4 heteroatoms. The van der Waals surface area contributed by atoms with Gasteiger partial charge in [0.15, 0.2) is 0 Å². The number of aromatic nitrogens is 1. The van der Waals surface area contributed by atoms with Crippen molar-refractivity contribution in [1.82, 2.24) is 9.88 Å². The number of pyridine rings is 1. The lowest BCUT2D eigenvalue weighted by atomic mass is 10.1. The van der Waals surface area contributed by atoms with Crippen molar-refractivity contribution in [1.29, 1.82) is 0 Å². The Labute approximate surface area is 126 Å². The Bertz CT molecular complexity index is 586. The zero-order chi connectivity index (χ0) is 15.2. The van der Waals surface area contributed by atoms with E-state index >= 15 is 0 Å². The molecule has 2 aromatic rings. The van der Waals surface area contributed by atoms with Gasteiger partial charge in [0, 0.05) is 24.8 Å².